The standard InChI is InChI=1S/C27H35FN2O4/c1-32-22-12-11-21(24(28)18-22)19-29-13-4-3-9-25-26(33-2)10-6-14-30(25)27(31)20-7-5-8-23(17-20)34-16-15-29/h5,7-8,11-12,17-18,25-26H,3-4,6,9-10,13-16,19H2,1-2H3/t25-,26-/m0/s1. The third-order valence-electron chi connectivity index (χ3n) is 6.92. The molecular formula is C27H35FN2O4. The maximum absolute atomic E-state index is 14.6. The number of halogens is 1. The molecule has 7 heteroatoms. The van der Waals surface area contributed by atoms with Crippen molar-refractivity contribution in [1.29, 1.82) is 0 Å². The average molecular weight is 471 g/mol. The minimum atomic E-state index is -0.258. The fourth-order valence-electron chi connectivity index (χ4n) is 5.05. The summed E-state index contributed by atoms with van der Waals surface area (Å²) >= 11 is 0. The van der Waals surface area contributed by atoms with Crippen LogP contribution in [0.4, 0.5) is 4.39 Å². The van der Waals surface area contributed by atoms with Gasteiger partial charge in [-0.2, -0.15) is 0 Å². The van der Waals surface area contributed by atoms with Crippen molar-refractivity contribution in [2.75, 3.05) is 40.5 Å². The Morgan fingerprint density at radius 2 is 1.91 bits per heavy atom. The van der Waals surface area contributed by atoms with Crippen LogP contribution >= 0.6 is 0 Å². The Hall–Kier alpha value is -2.64. The Morgan fingerprint density at radius 3 is 2.71 bits per heavy atom. The maximum atomic E-state index is 14.6. The van der Waals surface area contributed by atoms with Crippen molar-refractivity contribution < 1.29 is 23.4 Å². The molecule has 1 amide bonds. The van der Waals surface area contributed by atoms with Gasteiger partial charge in [0.05, 0.1) is 19.3 Å². The Balaban J connectivity index is 1.53. The molecule has 6 nitrogen and oxygen atoms in total. The predicted molar refractivity (Wildman–Crippen MR) is 129 cm³/mol. The van der Waals surface area contributed by atoms with Crippen LogP contribution in [0.15, 0.2) is 42.5 Å². The van der Waals surface area contributed by atoms with Gasteiger partial charge in [-0.05, 0) is 56.5 Å². The molecule has 0 radical (unpaired) electrons. The van der Waals surface area contributed by atoms with E-state index in [1.165, 1.54) is 13.2 Å². The molecule has 0 aromatic heterocycles. The number of carbonyl (C=O) groups excluding carboxylic acids is 1. The summed E-state index contributed by atoms with van der Waals surface area (Å²) in [6.45, 7) is 3.21. The van der Waals surface area contributed by atoms with Crippen molar-refractivity contribution in [2.45, 2.75) is 50.8 Å². The van der Waals surface area contributed by atoms with Crippen LogP contribution in [-0.2, 0) is 11.3 Å². The topological polar surface area (TPSA) is 51.2 Å². The third-order valence-corrected chi connectivity index (χ3v) is 6.92. The number of rotatable bonds is 4. The molecule has 0 spiro atoms. The number of ether oxygens (including phenoxy) is 3. The van der Waals surface area contributed by atoms with Crippen LogP contribution in [0.2, 0.25) is 0 Å². The Bertz CT molecular complexity index is 969. The predicted octanol–water partition coefficient (Wildman–Crippen LogP) is 4.52. The number of fused-ring (bicyclic) bond motifs is 3. The summed E-state index contributed by atoms with van der Waals surface area (Å²) in [7, 11) is 3.28. The second-order valence-corrected chi connectivity index (χ2v) is 9.09. The first-order valence-electron chi connectivity index (χ1n) is 12.2. The molecule has 4 rings (SSSR count). The highest BCUT2D eigenvalue weighted by molar-refractivity contribution is 5.95. The summed E-state index contributed by atoms with van der Waals surface area (Å²) < 4.78 is 31.5. The highest BCUT2D eigenvalue weighted by atomic mass is 19.1. The zero-order valence-corrected chi connectivity index (χ0v) is 20.2. The number of benzene rings is 2. The lowest BCUT2D eigenvalue weighted by Gasteiger charge is -2.41. The Morgan fingerprint density at radius 1 is 1.03 bits per heavy atom. The molecule has 2 heterocycles. The van der Waals surface area contributed by atoms with E-state index in [1.807, 2.05) is 29.2 Å². The second-order valence-electron chi connectivity index (χ2n) is 9.09. The first-order chi connectivity index (χ1) is 16.6. The second kappa shape index (κ2) is 11.7. The number of piperidine rings is 1. The van der Waals surface area contributed by atoms with Crippen molar-refractivity contribution in [2.24, 2.45) is 0 Å². The van der Waals surface area contributed by atoms with E-state index in [9.17, 15) is 9.18 Å². The molecule has 1 fully saturated rings. The van der Waals surface area contributed by atoms with Crippen LogP contribution in [0.5, 0.6) is 11.5 Å². The van der Waals surface area contributed by atoms with E-state index in [0.717, 1.165) is 45.2 Å². The molecular weight excluding hydrogens is 435 g/mol. The summed E-state index contributed by atoms with van der Waals surface area (Å²) in [4.78, 5) is 17.6. The first kappa shape index (κ1) is 24.5. The molecule has 2 aromatic carbocycles. The van der Waals surface area contributed by atoms with Crippen molar-refractivity contribution in [3.63, 3.8) is 0 Å². The number of hydrogen-bond acceptors (Lipinski definition) is 5. The van der Waals surface area contributed by atoms with E-state index in [-0.39, 0.29) is 23.9 Å². The lowest BCUT2D eigenvalue weighted by atomic mass is 9.93. The quantitative estimate of drug-likeness (QED) is 0.658. The zero-order chi connectivity index (χ0) is 23.9. The maximum Gasteiger partial charge on any atom is 0.254 e. The lowest BCUT2D eigenvalue weighted by Crippen LogP contribution is -2.51. The summed E-state index contributed by atoms with van der Waals surface area (Å²) in [6, 6.07) is 12.5. The van der Waals surface area contributed by atoms with E-state index >= 15 is 0 Å². The fraction of sp³-hybridized carbons (Fsp3) is 0.519. The van der Waals surface area contributed by atoms with Crippen molar-refractivity contribution >= 4 is 5.91 Å². The monoisotopic (exact) mass is 470 g/mol. The van der Waals surface area contributed by atoms with Crippen LogP contribution in [0.3, 0.4) is 0 Å². The van der Waals surface area contributed by atoms with Gasteiger partial charge in [-0.15, -0.1) is 0 Å². The molecule has 34 heavy (non-hydrogen) atoms. The number of methoxy groups -OCH3 is 2. The van der Waals surface area contributed by atoms with Crippen molar-refractivity contribution in [1.82, 2.24) is 9.80 Å². The van der Waals surface area contributed by atoms with Gasteiger partial charge in [0, 0.05) is 43.9 Å². The van der Waals surface area contributed by atoms with Crippen molar-refractivity contribution in [3.8, 4) is 11.5 Å². The number of carbonyl (C=O) groups is 1. The minimum Gasteiger partial charge on any atom is -0.497 e. The van der Waals surface area contributed by atoms with E-state index in [0.29, 0.717) is 42.3 Å². The Labute approximate surface area is 201 Å². The molecule has 2 aromatic rings. The molecule has 2 aliphatic heterocycles. The van der Waals surface area contributed by atoms with E-state index in [1.54, 1.807) is 19.2 Å². The number of nitrogens with zero attached hydrogens (tertiary/aromatic N) is 2. The average Bonchev–Trinajstić information content (AvgIpc) is 2.86. The first-order valence-corrected chi connectivity index (χ1v) is 12.2. The van der Waals surface area contributed by atoms with Gasteiger partial charge >= 0.3 is 0 Å². The number of amides is 1. The van der Waals surface area contributed by atoms with Crippen LogP contribution in [0.1, 0.15) is 48.0 Å². The van der Waals surface area contributed by atoms with Crippen molar-refractivity contribution in [3.05, 3.63) is 59.4 Å². The largest absolute Gasteiger partial charge is 0.497 e. The normalized spacial score (nSPS) is 22.4. The van der Waals surface area contributed by atoms with Gasteiger partial charge in [-0.1, -0.05) is 18.6 Å². The highest BCUT2D eigenvalue weighted by Gasteiger charge is 2.34. The molecule has 0 aliphatic carbocycles. The van der Waals surface area contributed by atoms with Gasteiger partial charge < -0.3 is 19.1 Å². The molecule has 2 atom stereocenters. The summed E-state index contributed by atoms with van der Waals surface area (Å²) in [5.74, 6) is 0.984. The summed E-state index contributed by atoms with van der Waals surface area (Å²) in [5.41, 5.74) is 1.29. The van der Waals surface area contributed by atoms with Gasteiger partial charge in [-0.25, -0.2) is 4.39 Å². The molecule has 1 saturated heterocycles. The highest BCUT2D eigenvalue weighted by Crippen LogP contribution is 2.27. The summed E-state index contributed by atoms with van der Waals surface area (Å²) in [5, 5.41) is 0. The minimum absolute atomic E-state index is 0.0471. The molecule has 0 N–H and O–H groups in total. The molecule has 184 valence electrons. The fourth-order valence-corrected chi connectivity index (χ4v) is 5.05. The SMILES string of the molecule is COc1ccc(CN2CCCC[C@H]3[C@@H](OC)CCCN3C(=O)c3cccc(c3)OCC2)c(F)c1. The van der Waals surface area contributed by atoms with Gasteiger partial charge in [0.2, 0.25) is 0 Å². The van der Waals surface area contributed by atoms with Crippen LogP contribution < -0.4 is 9.47 Å². The van der Waals surface area contributed by atoms with Gasteiger partial charge in [0.25, 0.3) is 5.91 Å². The molecule has 2 aliphatic rings. The lowest BCUT2D eigenvalue weighted by molar-refractivity contribution is -0.0156. The summed E-state index contributed by atoms with van der Waals surface area (Å²) in [6.07, 6.45) is 4.78. The van der Waals surface area contributed by atoms with Crippen LogP contribution in [0, 0.1) is 5.82 Å². The number of hydrogen-bond donors (Lipinski definition) is 0. The van der Waals surface area contributed by atoms with Gasteiger partial charge in [0.1, 0.15) is 23.9 Å². The van der Waals surface area contributed by atoms with Gasteiger partial charge in [0.15, 0.2) is 0 Å². The van der Waals surface area contributed by atoms with Crippen LogP contribution in [-0.4, -0.2) is 68.3 Å². The smallest absolute Gasteiger partial charge is 0.254 e. The van der Waals surface area contributed by atoms with Gasteiger partial charge in [-0.3, -0.25) is 9.69 Å². The zero-order valence-electron chi connectivity index (χ0n) is 20.2. The molecule has 2 bridgehead atoms. The van der Waals surface area contributed by atoms with E-state index < -0.39 is 0 Å². The van der Waals surface area contributed by atoms with Crippen LogP contribution in [0.25, 0.3) is 0 Å². The van der Waals surface area contributed by atoms with E-state index in [2.05, 4.69) is 4.90 Å². The molecule has 0 unspecified atom stereocenters. The molecule has 0 saturated carbocycles. The van der Waals surface area contributed by atoms with E-state index in [4.69, 9.17) is 14.2 Å². The third kappa shape index (κ3) is 5.88. The Kier molecular flexibility index (Phi) is 8.40.